The molecule has 0 radical (unpaired) electrons. The Balaban J connectivity index is 1.94. The lowest BCUT2D eigenvalue weighted by atomic mass is 9.98. The van der Waals surface area contributed by atoms with Gasteiger partial charge in [-0.15, -0.1) is 0 Å². The van der Waals surface area contributed by atoms with Crippen molar-refractivity contribution in [1.29, 1.82) is 0 Å². The van der Waals surface area contributed by atoms with Crippen molar-refractivity contribution in [3.8, 4) is 11.5 Å². The van der Waals surface area contributed by atoms with Gasteiger partial charge in [-0.25, -0.2) is 13.4 Å². The number of benzene rings is 2. The lowest BCUT2D eigenvalue weighted by Crippen LogP contribution is -2.24. The first-order valence-electron chi connectivity index (χ1n) is 8.89. The van der Waals surface area contributed by atoms with E-state index >= 15 is 0 Å². The highest BCUT2D eigenvalue weighted by molar-refractivity contribution is 7.92. The summed E-state index contributed by atoms with van der Waals surface area (Å²) in [6.45, 7) is 1.46. The average molecular weight is 417 g/mol. The summed E-state index contributed by atoms with van der Waals surface area (Å²) in [7, 11) is -0.270. The molecule has 0 saturated carbocycles. The number of carbonyl (C=O) groups is 1. The highest BCUT2D eigenvalue weighted by Crippen LogP contribution is 2.37. The summed E-state index contributed by atoms with van der Waals surface area (Å²) in [5.74, 6) is 0.982. The number of hydrazone groups is 1. The van der Waals surface area contributed by atoms with Crippen molar-refractivity contribution < 1.29 is 22.7 Å². The molecule has 9 heteroatoms. The molecule has 8 nitrogen and oxygen atoms in total. The minimum Gasteiger partial charge on any atom is -0.493 e. The fraction of sp³-hybridized carbons (Fsp3) is 0.300. The molecule has 0 saturated heterocycles. The SMILES string of the molecule is COc1ccc(C2CC(c3cccc(NS(C)(=O)=O)c3)=NN2C(C)=O)cc1OC. The van der Waals surface area contributed by atoms with Crippen LogP contribution in [-0.4, -0.2) is 45.5 Å². The summed E-state index contributed by atoms with van der Waals surface area (Å²) >= 11 is 0. The second-order valence-corrected chi connectivity index (χ2v) is 8.45. The summed E-state index contributed by atoms with van der Waals surface area (Å²) < 4.78 is 36.1. The van der Waals surface area contributed by atoms with Crippen molar-refractivity contribution in [2.75, 3.05) is 25.2 Å². The first-order chi connectivity index (χ1) is 13.7. The van der Waals surface area contributed by atoms with Gasteiger partial charge < -0.3 is 9.47 Å². The number of anilines is 1. The van der Waals surface area contributed by atoms with Gasteiger partial charge >= 0.3 is 0 Å². The molecule has 1 aliphatic rings. The lowest BCUT2D eigenvalue weighted by Gasteiger charge is -2.21. The molecule has 1 aliphatic heterocycles. The van der Waals surface area contributed by atoms with E-state index in [2.05, 4.69) is 9.82 Å². The zero-order valence-electron chi connectivity index (χ0n) is 16.7. The van der Waals surface area contributed by atoms with Gasteiger partial charge in [-0.05, 0) is 35.4 Å². The molecule has 29 heavy (non-hydrogen) atoms. The van der Waals surface area contributed by atoms with Crippen molar-refractivity contribution in [2.45, 2.75) is 19.4 Å². The van der Waals surface area contributed by atoms with Crippen LogP contribution in [0.3, 0.4) is 0 Å². The zero-order chi connectivity index (χ0) is 21.2. The molecule has 2 aromatic carbocycles. The predicted octanol–water partition coefficient (Wildman–Crippen LogP) is 2.77. The number of carbonyl (C=O) groups excluding carboxylic acids is 1. The van der Waals surface area contributed by atoms with E-state index in [0.717, 1.165) is 17.4 Å². The van der Waals surface area contributed by atoms with Gasteiger partial charge in [0.25, 0.3) is 0 Å². The number of ether oxygens (including phenoxy) is 2. The second kappa shape index (κ2) is 8.12. The molecule has 0 bridgehead atoms. The Morgan fingerprint density at radius 2 is 1.86 bits per heavy atom. The number of hydrogen-bond donors (Lipinski definition) is 1. The Kier molecular flexibility index (Phi) is 5.78. The maximum absolute atomic E-state index is 12.2. The van der Waals surface area contributed by atoms with Gasteiger partial charge in [0.1, 0.15) is 0 Å². The van der Waals surface area contributed by atoms with E-state index in [1.165, 1.54) is 11.9 Å². The van der Waals surface area contributed by atoms with Crippen molar-refractivity contribution in [1.82, 2.24) is 5.01 Å². The molecule has 0 aromatic heterocycles. The van der Waals surface area contributed by atoms with Crippen molar-refractivity contribution >= 4 is 27.3 Å². The van der Waals surface area contributed by atoms with Crippen molar-refractivity contribution in [3.05, 3.63) is 53.6 Å². The average Bonchev–Trinajstić information content (AvgIpc) is 3.12. The fourth-order valence-electron chi connectivity index (χ4n) is 3.27. The summed E-state index contributed by atoms with van der Waals surface area (Å²) in [6.07, 6.45) is 1.58. The molecule has 1 heterocycles. The van der Waals surface area contributed by atoms with E-state index in [4.69, 9.17) is 9.47 Å². The van der Waals surface area contributed by atoms with Gasteiger partial charge in [0.2, 0.25) is 15.9 Å². The Morgan fingerprint density at radius 3 is 2.48 bits per heavy atom. The minimum atomic E-state index is -3.39. The Bertz CT molecular complexity index is 1070. The van der Waals surface area contributed by atoms with Gasteiger partial charge in [-0.1, -0.05) is 18.2 Å². The smallest absolute Gasteiger partial charge is 0.240 e. The summed E-state index contributed by atoms with van der Waals surface area (Å²) in [4.78, 5) is 12.2. The van der Waals surface area contributed by atoms with E-state index in [1.807, 2.05) is 18.2 Å². The molecule has 154 valence electrons. The van der Waals surface area contributed by atoms with Gasteiger partial charge in [-0.2, -0.15) is 5.10 Å². The van der Waals surface area contributed by atoms with Gasteiger partial charge in [-0.3, -0.25) is 9.52 Å². The van der Waals surface area contributed by atoms with Crippen LogP contribution in [0, 0.1) is 0 Å². The normalized spacial score (nSPS) is 16.3. The molecule has 0 fully saturated rings. The quantitative estimate of drug-likeness (QED) is 0.779. The lowest BCUT2D eigenvalue weighted by molar-refractivity contribution is -0.130. The third-order valence-electron chi connectivity index (χ3n) is 4.52. The molecule has 1 atom stereocenters. The van der Waals surface area contributed by atoms with Crippen LogP contribution in [-0.2, 0) is 14.8 Å². The molecule has 1 unspecified atom stereocenters. The third-order valence-corrected chi connectivity index (χ3v) is 5.13. The third kappa shape index (κ3) is 4.68. The number of methoxy groups -OCH3 is 2. The first-order valence-corrected chi connectivity index (χ1v) is 10.8. The van der Waals surface area contributed by atoms with Crippen LogP contribution in [0.4, 0.5) is 5.69 Å². The van der Waals surface area contributed by atoms with Crippen LogP contribution >= 0.6 is 0 Å². The van der Waals surface area contributed by atoms with Crippen molar-refractivity contribution in [3.63, 3.8) is 0 Å². The number of amides is 1. The van der Waals surface area contributed by atoms with Crippen LogP contribution in [0.25, 0.3) is 0 Å². The fourth-order valence-corrected chi connectivity index (χ4v) is 3.83. The van der Waals surface area contributed by atoms with Crippen LogP contribution in [0.15, 0.2) is 47.6 Å². The standard InChI is InChI=1S/C20H23N3O5S/c1-13(24)23-18(15-8-9-19(27-2)20(11-15)28-3)12-17(21-23)14-6-5-7-16(10-14)22-29(4,25)26/h5-11,18,22H,12H2,1-4H3. The number of sulfonamides is 1. The molecular weight excluding hydrogens is 394 g/mol. The number of nitrogens with one attached hydrogen (secondary N) is 1. The highest BCUT2D eigenvalue weighted by Gasteiger charge is 2.32. The summed E-state index contributed by atoms with van der Waals surface area (Å²) in [5.41, 5.74) is 2.74. The molecule has 0 aliphatic carbocycles. The van der Waals surface area contributed by atoms with Crippen molar-refractivity contribution in [2.24, 2.45) is 5.10 Å². The van der Waals surface area contributed by atoms with Gasteiger partial charge in [0.15, 0.2) is 11.5 Å². The van der Waals surface area contributed by atoms with E-state index < -0.39 is 10.0 Å². The minimum absolute atomic E-state index is 0.190. The summed E-state index contributed by atoms with van der Waals surface area (Å²) in [5, 5.41) is 5.94. The largest absolute Gasteiger partial charge is 0.493 e. The molecule has 1 N–H and O–H groups in total. The monoisotopic (exact) mass is 417 g/mol. The van der Waals surface area contributed by atoms with Gasteiger partial charge in [0, 0.05) is 19.0 Å². The van der Waals surface area contributed by atoms with Crippen LogP contribution in [0.2, 0.25) is 0 Å². The maximum atomic E-state index is 12.2. The Morgan fingerprint density at radius 1 is 1.14 bits per heavy atom. The predicted molar refractivity (Wildman–Crippen MR) is 111 cm³/mol. The number of hydrogen-bond acceptors (Lipinski definition) is 6. The van der Waals surface area contributed by atoms with Crippen LogP contribution in [0.5, 0.6) is 11.5 Å². The van der Waals surface area contributed by atoms with E-state index in [9.17, 15) is 13.2 Å². The van der Waals surface area contributed by atoms with E-state index in [0.29, 0.717) is 29.3 Å². The summed E-state index contributed by atoms with van der Waals surface area (Å²) in [6, 6.07) is 12.1. The molecule has 2 aromatic rings. The van der Waals surface area contributed by atoms with Crippen LogP contribution < -0.4 is 14.2 Å². The number of nitrogens with zero attached hydrogens (tertiary/aromatic N) is 2. The van der Waals surface area contributed by atoms with E-state index in [1.54, 1.807) is 38.5 Å². The zero-order valence-corrected chi connectivity index (χ0v) is 17.5. The molecule has 3 rings (SSSR count). The van der Waals surface area contributed by atoms with Gasteiger partial charge in [0.05, 0.1) is 32.2 Å². The Hall–Kier alpha value is -3.07. The Labute approximate surface area is 170 Å². The molecule has 0 spiro atoms. The molecule has 1 amide bonds. The maximum Gasteiger partial charge on any atom is 0.240 e. The van der Waals surface area contributed by atoms with Crippen LogP contribution in [0.1, 0.15) is 30.5 Å². The topological polar surface area (TPSA) is 97.3 Å². The first kappa shape index (κ1) is 20.7. The second-order valence-electron chi connectivity index (χ2n) is 6.70. The highest BCUT2D eigenvalue weighted by atomic mass is 32.2. The van der Waals surface area contributed by atoms with E-state index in [-0.39, 0.29) is 11.9 Å². The number of rotatable bonds is 6. The molecular formula is C20H23N3O5S.